The van der Waals surface area contributed by atoms with E-state index in [0.717, 1.165) is 32.1 Å². The molecule has 0 spiro atoms. The zero-order valence-corrected chi connectivity index (χ0v) is 12.7. The van der Waals surface area contributed by atoms with E-state index in [1.165, 1.54) is 0 Å². The molecule has 6 heteroatoms. The molecule has 0 radical (unpaired) electrons. The van der Waals surface area contributed by atoms with Gasteiger partial charge in [-0.15, -0.1) is 0 Å². The zero-order valence-electron chi connectivity index (χ0n) is 12.7. The molecule has 21 heavy (non-hydrogen) atoms. The van der Waals surface area contributed by atoms with E-state index in [9.17, 15) is 14.4 Å². The predicted octanol–water partition coefficient (Wildman–Crippen LogP) is 2.03. The number of amides is 1. The van der Waals surface area contributed by atoms with Crippen LogP contribution in [0.15, 0.2) is 0 Å². The maximum atomic E-state index is 12.5. The molecular weight excluding hydrogens is 274 g/mol. The Morgan fingerprint density at radius 3 is 2.14 bits per heavy atom. The Morgan fingerprint density at radius 1 is 1.14 bits per heavy atom. The molecule has 0 heterocycles. The van der Waals surface area contributed by atoms with Crippen molar-refractivity contribution in [2.24, 2.45) is 11.3 Å². The molecule has 3 N–H and O–H groups in total. The van der Waals surface area contributed by atoms with Crippen molar-refractivity contribution >= 4 is 17.8 Å². The second-order valence-electron chi connectivity index (χ2n) is 6.38. The number of hydrogen-bond donors (Lipinski definition) is 3. The van der Waals surface area contributed by atoms with Gasteiger partial charge in [0.05, 0.1) is 0 Å². The summed E-state index contributed by atoms with van der Waals surface area (Å²) >= 11 is 0. The first-order valence-corrected chi connectivity index (χ1v) is 7.52. The molecule has 0 aromatic carbocycles. The van der Waals surface area contributed by atoms with Crippen LogP contribution in [0, 0.1) is 11.3 Å². The van der Waals surface area contributed by atoms with Gasteiger partial charge in [-0.25, -0.2) is 4.79 Å². The average molecular weight is 299 g/mol. The maximum Gasteiger partial charge on any atom is 0.326 e. The highest BCUT2D eigenvalue weighted by molar-refractivity contribution is 5.88. The Kier molecular flexibility index (Phi) is 6.18. The summed E-state index contributed by atoms with van der Waals surface area (Å²) < 4.78 is 0. The number of carbonyl (C=O) groups excluding carboxylic acids is 1. The SMILES string of the molecule is CC(C)CC1(C(=O)NC(CCC(=O)O)C(=O)O)CCCC1. The van der Waals surface area contributed by atoms with E-state index in [2.05, 4.69) is 5.32 Å². The highest BCUT2D eigenvalue weighted by atomic mass is 16.4. The van der Waals surface area contributed by atoms with Gasteiger partial charge in [-0.1, -0.05) is 26.7 Å². The number of carbonyl (C=O) groups is 3. The van der Waals surface area contributed by atoms with E-state index in [1.807, 2.05) is 13.8 Å². The van der Waals surface area contributed by atoms with Crippen LogP contribution in [0.1, 0.15) is 58.8 Å². The van der Waals surface area contributed by atoms with Crippen molar-refractivity contribution in [2.75, 3.05) is 0 Å². The van der Waals surface area contributed by atoms with Gasteiger partial charge in [0, 0.05) is 11.8 Å². The lowest BCUT2D eigenvalue weighted by molar-refractivity contribution is -0.145. The highest BCUT2D eigenvalue weighted by Gasteiger charge is 2.42. The topological polar surface area (TPSA) is 104 Å². The van der Waals surface area contributed by atoms with Crippen LogP contribution in [0.4, 0.5) is 0 Å². The summed E-state index contributed by atoms with van der Waals surface area (Å²) in [5, 5.41) is 20.3. The van der Waals surface area contributed by atoms with Crippen LogP contribution < -0.4 is 5.32 Å². The van der Waals surface area contributed by atoms with Crippen LogP contribution in [0.5, 0.6) is 0 Å². The summed E-state index contributed by atoms with van der Waals surface area (Å²) in [6.45, 7) is 4.10. The Balaban J connectivity index is 2.73. The Bertz CT molecular complexity index is 399. The molecule has 1 amide bonds. The number of carboxylic acids is 2. The Hall–Kier alpha value is -1.59. The van der Waals surface area contributed by atoms with Crippen LogP contribution in [-0.4, -0.2) is 34.1 Å². The first kappa shape index (κ1) is 17.5. The van der Waals surface area contributed by atoms with Crippen molar-refractivity contribution < 1.29 is 24.6 Å². The first-order chi connectivity index (χ1) is 9.77. The predicted molar refractivity (Wildman–Crippen MR) is 76.8 cm³/mol. The summed E-state index contributed by atoms with van der Waals surface area (Å²) in [4.78, 5) is 34.3. The van der Waals surface area contributed by atoms with Crippen LogP contribution in [0.2, 0.25) is 0 Å². The number of aliphatic carboxylic acids is 2. The Morgan fingerprint density at radius 2 is 1.71 bits per heavy atom. The lowest BCUT2D eigenvalue weighted by Crippen LogP contribution is -2.48. The molecule has 0 bridgehead atoms. The first-order valence-electron chi connectivity index (χ1n) is 7.52. The van der Waals surface area contributed by atoms with E-state index in [-0.39, 0.29) is 18.7 Å². The fourth-order valence-electron chi connectivity index (χ4n) is 3.19. The molecule has 1 unspecified atom stereocenters. The van der Waals surface area contributed by atoms with Crippen molar-refractivity contribution in [1.82, 2.24) is 5.32 Å². The number of carboxylic acid groups (broad SMARTS) is 2. The molecule has 1 aliphatic carbocycles. The fraction of sp³-hybridized carbons (Fsp3) is 0.800. The molecule has 1 rings (SSSR count). The normalized spacial score (nSPS) is 18.4. The minimum absolute atomic E-state index is 0.0891. The van der Waals surface area contributed by atoms with Gasteiger partial charge >= 0.3 is 11.9 Å². The van der Waals surface area contributed by atoms with E-state index in [4.69, 9.17) is 10.2 Å². The van der Waals surface area contributed by atoms with E-state index in [1.54, 1.807) is 0 Å². The summed E-state index contributed by atoms with van der Waals surface area (Å²) in [5.41, 5.74) is -0.481. The molecule has 1 aliphatic rings. The van der Waals surface area contributed by atoms with Gasteiger partial charge in [0.15, 0.2) is 0 Å². The highest BCUT2D eigenvalue weighted by Crippen LogP contribution is 2.43. The lowest BCUT2D eigenvalue weighted by Gasteiger charge is -2.31. The number of nitrogens with one attached hydrogen (secondary N) is 1. The minimum atomic E-state index is -1.18. The van der Waals surface area contributed by atoms with Gasteiger partial charge in [0.2, 0.25) is 5.91 Å². The number of hydrogen-bond acceptors (Lipinski definition) is 3. The van der Waals surface area contributed by atoms with E-state index in [0.29, 0.717) is 5.92 Å². The second kappa shape index (κ2) is 7.43. The molecule has 6 nitrogen and oxygen atoms in total. The van der Waals surface area contributed by atoms with Crippen molar-refractivity contribution in [3.05, 3.63) is 0 Å². The largest absolute Gasteiger partial charge is 0.481 e. The van der Waals surface area contributed by atoms with Gasteiger partial charge in [-0.2, -0.15) is 0 Å². The third-order valence-corrected chi connectivity index (χ3v) is 4.09. The second-order valence-corrected chi connectivity index (χ2v) is 6.38. The van der Waals surface area contributed by atoms with Gasteiger partial charge in [-0.3, -0.25) is 9.59 Å². The quantitative estimate of drug-likeness (QED) is 0.636. The van der Waals surface area contributed by atoms with Crippen LogP contribution in [0.25, 0.3) is 0 Å². The molecule has 0 aliphatic heterocycles. The van der Waals surface area contributed by atoms with Gasteiger partial charge in [0.1, 0.15) is 6.04 Å². The van der Waals surface area contributed by atoms with Crippen molar-refractivity contribution in [2.45, 2.75) is 64.8 Å². The summed E-state index contributed by atoms with van der Waals surface area (Å²) in [5.74, 6) is -2.11. The van der Waals surface area contributed by atoms with Crippen molar-refractivity contribution in [3.63, 3.8) is 0 Å². The van der Waals surface area contributed by atoms with Crippen LogP contribution in [-0.2, 0) is 14.4 Å². The van der Waals surface area contributed by atoms with E-state index < -0.39 is 23.4 Å². The van der Waals surface area contributed by atoms with Crippen LogP contribution in [0.3, 0.4) is 0 Å². The maximum absolute atomic E-state index is 12.5. The summed E-state index contributed by atoms with van der Waals surface area (Å²) in [7, 11) is 0. The minimum Gasteiger partial charge on any atom is -0.481 e. The zero-order chi connectivity index (χ0) is 16.0. The number of rotatable bonds is 8. The third-order valence-electron chi connectivity index (χ3n) is 4.09. The monoisotopic (exact) mass is 299 g/mol. The van der Waals surface area contributed by atoms with Crippen LogP contribution >= 0.6 is 0 Å². The molecule has 1 atom stereocenters. The standard InChI is InChI=1S/C15H25NO5/c1-10(2)9-15(7-3-4-8-15)14(21)16-11(13(19)20)5-6-12(17)18/h10-11H,3-9H2,1-2H3,(H,16,21)(H,17,18)(H,19,20). The molecule has 0 aromatic rings. The molecule has 0 aromatic heterocycles. The van der Waals surface area contributed by atoms with Crippen molar-refractivity contribution in [1.29, 1.82) is 0 Å². The average Bonchev–Trinajstić information content (AvgIpc) is 2.82. The molecular formula is C15H25NO5. The molecule has 0 saturated heterocycles. The molecule has 1 fully saturated rings. The third kappa shape index (κ3) is 5.02. The Labute approximate surface area is 124 Å². The van der Waals surface area contributed by atoms with Gasteiger partial charge < -0.3 is 15.5 Å². The lowest BCUT2D eigenvalue weighted by atomic mass is 9.77. The summed E-state index contributed by atoms with van der Waals surface area (Å²) in [6, 6.07) is -1.13. The van der Waals surface area contributed by atoms with Gasteiger partial charge in [-0.05, 0) is 31.6 Å². The molecule has 1 saturated carbocycles. The van der Waals surface area contributed by atoms with E-state index >= 15 is 0 Å². The fourth-order valence-corrected chi connectivity index (χ4v) is 3.19. The summed E-state index contributed by atoms with van der Waals surface area (Å²) in [6.07, 6.45) is 3.90. The smallest absolute Gasteiger partial charge is 0.326 e. The molecule has 120 valence electrons. The van der Waals surface area contributed by atoms with Gasteiger partial charge in [0.25, 0.3) is 0 Å². The van der Waals surface area contributed by atoms with Crippen molar-refractivity contribution in [3.8, 4) is 0 Å².